The van der Waals surface area contributed by atoms with Crippen LogP contribution < -0.4 is 0 Å². The van der Waals surface area contributed by atoms with E-state index in [9.17, 15) is 0 Å². The average Bonchev–Trinajstić information content (AvgIpc) is 3.76. The third-order valence-corrected chi connectivity index (χ3v) is 13.2. The Bertz CT molecular complexity index is 3810. The van der Waals surface area contributed by atoms with Crippen LogP contribution in [-0.2, 0) is 0 Å². The van der Waals surface area contributed by atoms with Crippen LogP contribution in [0.15, 0.2) is 235 Å². The minimum atomic E-state index is 0.863. The molecule has 0 saturated heterocycles. The van der Waals surface area contributed by atoms with E-state index in [4.69, 9.17) is 4.42 Å². The third-order valence-electron chi connectivity index (χ3n) is 13.2. The molecule has 0 fully saturated rings. The first kappa shape index (κ1) is 36.9. The molecule has 3 nitrogen and oxygen atoms in total. The molecule has 0 aliphatic carbocycles. The molecule has 10 aromatic carbocycles. The number of fused-ring (bicyclic) bond motifs is 7. The predicted molar refractivity (Wildman–Crippen MR) is 272 cm³/mol. The summed E-state index contributed by atoms with van der Waals surface area (Å²) in [5.41, 5.74) is 15.6. The van der Waals surface area contributed by atoms with E-state index in [0.717, 1.165) is 55.3 Å². The molecule has 0 spiro atoms. The van der Waals surface area contributed by atoms with Gasteiger partial charge in [-0.2, -0.15) is 0 Å². The van der Waals surface area contributed by atoms with Crippen LogP contribution in [0.5, 0.6) is 0 Å². The van der Waals surface area contributed by atoms with Crippen molar-refractivity contribution in [2.75, 3.05) is 0 Å². The molecular formula is C62H38N2O. The molecule has 65 heavy (non-hydrogen) atoms. The number of pyridine rings is 2. The van der Waals surface area contributed by atoms with Crippen LogP contribution in [-0.4, -0.2) is 9.97 Å². The molecular weight excluding hydrogens is 789 g/mol. The van der Waals surface area contributed by atoms with Crippen molar-refractivity contribution < 1.29 is 4.42 Å². The summed E-state index contributed by atoms with van der Waals surface area (Å²) in [5, 5.41) is 11.9. The Balaban J connectivity index is 1.03. The van der Waals surface area contributed by atoms with E-state index in [1.54, 1.807) is 0 Å². The van der Waals surface area contributed by atoms with Gasteiger partial charge in [-0.1, -0.05) is 158 Å². The lowest BCUT2D eigenvalue weighted by Gasteiger charge is -2.19. The Morgan fingerprint density at radius 3 is 1.22 bits per heavy atom. The first-order valence-corrected chi connectivity index (χ1v) is 22.1. The Morgan fingerprint density at radius 2 is 0.708 bits per heavy atom. The van der Waals surface area contributed by atoms with Crippen molar-refractivity contribution in [3.05, 3.63) is 231 Å². The maximum Gasteiger partial charge on any atom is 0.136 e. The van der Waals surface area contributed by atoms with Crippen LogP contribution >= 0.6 is 0 Å². The predicted octanol–water partition coefficient (Wildman–Crippen LogP) is 17.0. The molecule has 0 unspecified atom stereocenters. The number of benzene rings is 10. The van der Waals surface area contributed by atoms with Crippen LogP contribution in [0, 0.1) is 0 Å². The molecule has 0 aliphatic rings. The summed E-state index contributed by atoms with van der Waals surface area (Å²) in [6.07, 6.45) is 7.53. The van der Waals surface area contributed by atoms with Crippen LogP contribution in [0.3, 0.4) is 0 Å². The maximum atomic E-state index is 6.91. The first-order valence-electron chi connectivity index (χ1n) is 22.1. The van der Waals surface area contributed by atoms with Crippen LogP contribution in [0.1, 0.15) is 0 Å². The Kier molecular flexibility index (Phi) is 8.53. The zero-order valence-corrected chi connectivity index (χ0v) is 35.2. The highest BCUT2D eigenvalue weighted by atomic mass is 16.3. The van der Waals surface area contributed by atoms with Gasteiger partial charge >= 0.3 is 0 Å². The minimum Gasteiger partial charge on any atom is -0.456 e. The summed E-state index contributed by atoms with van der Waals surface area (Å²) in [6.45, 7) is 0. The molecule has 13 aromatic rings. The van der Waals surface area contributed by atoms with Gasteiger partial charge in [0.2, 0.25) is 0 Å². The van der Waals surface area contributed by atoms with Crippen LogP contribution in [0.25, 0.3) is 132 Å². The fraction of sp³-hybridized carbons (Fsp3) is 0. The number of rotatable bonds is 6. The van der Waals surface area contributed by atoms with E-state index >= 15 is 0 Å². The van der Waals surface area contributed by atoms with E-state index in [-0.39, 0.29) is 0 Å². The second-order valence-electron chi connectivity index (χ2n) is 16.8. The molecule has 0 aliphatic heterocycles. The third kappa shape index (κ3) is 5.97. The summed E-state index contributed by atoms with van der Waals surface area (Å²) in [4.78, 5) is 8.97. The second kappa shape index (κ2) is 15.0. The molecule has 0 atom stereocenters. The molecule has 3 heteroatoms. The van der Waals surface area contributed by atoms with Crippen molar-refractivity contribution in [3.8, 4) is 66.8 Å². The van der Waals surface area contributed by atoms with Crippen molar-refractivity contribution in [1.29, 1.82) is 0 Å². The summed E-state index contributed by atoms with van der Waals surface area (Å²) in [7, 11) is 0. The Morgan fingerprint density at radius 1 is 0.262 bits per heavy atom. The normalized spacial score (nSPS) is 11.7. The van der Waals surface area contributed by atoms with E-state index in [1.807, 2.05) is 36.9 Å². The molecule has 0 radical (unpaired) electrons. The Hall–Kier alpha value is -8.66. The molecule has 13 rings (SSSR count). The molecule has 0 N–H and O–H groups in total. The maximum absolute atomic E-state index is 6.91. The number of hydrogen-bond donors (Lipinski definition) is 0. The van der Waals surface area contributed by atoms with Crippen LogP contribution in [0.4, 0.5) is 0 Å². The highest BCUT2D eigenvalue weighted by Crippen LogP contribution is 2.49. The fourth-order valence-electron chi connectivity index (χ4n) is 10.4. The van der Waals surface area contributed by atoms with Crippen molar-refractivity contribution in [3.63, 3.8) is 0 Å². The fourth-order valence-corrected chi connectivity index (χ4v) is 10.4. The quantitative estimate of drug-likeness (QED) is 0.157. The number of hydrogen-bond acceptors (Lipinski definition) is 3. The first-order chi connectivity index (χ1) is 32.3. The van der Waals surface area contributed by atoms with Gasteiger partial charge in [0.25, 0.3) is 0 Å². The highest BCUT2D eigenvalue weighted by Gasteiger charge is 2.22. The lowest BCUT2D eigenvalue weighted by Crippen LogP contribution is -1.92. The summed E-state index contributed by atoms with van der Waals surface area (Å²) in [5.74, 6) is 0. The van der Waals surface area contributed by atoms with Crippen molar-refractivity contribution in [1.82, 2.24) is 9.97 Å². The standard InChI is InChI=1S/C62H38N2O/c1-2-15-39(16-3-1)58-50-23-8-10-25-52(50)61(53-26-11-9-24-51(53)58)55-27-12-28-56-62(55)54-30-29-40(36-57(54)65-56)59-46-19-4-6-21-48(46)60(49-22-7-5-20-47(49)59)45-34-43(41-17-13-31-63-37-41)33-44(35-45)42-18-14-32-64-38-42/h1-38H. The molecule has 0 saturated carbocycles. The van der Waals surface area contributed by atoms with Crippen LogP contribution in [0.2, 0.25) is 0 Å². The van der Waals surface area contributed by atoms with Crippen molar-refractivity contribution >= 4 is 65.0 Å². The second-order valence-corrected chi connectivity index (χ2v) is 16.8. The zero-order valence-electron chi connectivity index (χ0n) is 35.2. The van der Waals surface area contributed by atoms with E-state index in [1.165, 1.54) is 76.5 Å². The lowest BCUT2D eigenvalue weighted by atomic mass is 9.84. The van der Waals surface area contributed by atoms with Gasteiger partial charge in [-0.25, -0.2) is 0 Å². The molecule has 3 heterocycles. The van der Waals surface area contributed by atoms with Gasteiger partial charge in [-0.15, -0.1) is 0 Å². The zero-order chi connectivity index (χ0) is 42.8. The van der Waals surface area contributed by atoms with Gasteiger partial charge < -0.3 is 4.42 Å². The Labute approximate surface area is 375 Å². The van der Waals surface area contributed by atoms with Crippen molar-refractivity contribution in [2.45, 2.75) is 0 Å². The SMILES string of the molecule is c1ccc(-c2c3ccccc3c(-c3cccc4oc5cc(-c6c7ccccc7c(-c7cc(-c8cccnc8)cc(-c8cccnc8)c7)c7ccccc67)ccc5c34)c3ccccc23)cc1. The summed E-state index contributed by atoms with van der Waals surface area (Å²) >= 11 is 0. The van der Waals surface area contributed by atoms with Gasteiger partial charge in [0, 0.05) is 46.7 Å². The lowest BCUT2D eigenvalue weighted by molar-refractivity contribution is 0.669. The topological polar surface area (TPSA) is 38.9 Å². The number of nitrogens with zero attached hydrogens (tertiary/aromatic N) is 2. The molecule has 0 amide bonds. The number of aromatic nitrogens is 2. The summed E-state index contributed by atoms with van der Waals surface area (Å²) in [6, 6.07) is 74.6. The van der Waals surface area contributed by atoms with E-state index < -0.39 is 0 Å². The van der Waals surface area contributed by atoms with E-state index in [2.05, 4.69) is 204 Å². The largest absolute Gasteiger partial charge is 0.456 e. The van der Waals surface area contributed by atoms with Gasteiger partial charge in [-0.05, 0) is 147 Å². The highest BCUT2D eigenvalue weighted by molar-refractivity contribution is 6.26. The molecule has 302 valence electrons. The van der Waals surface area contributed by atoms with Gasteiger partial charge in [0.15, 0.2) is 0 Å². The minimum absolute atomic E-state index is 0.863. The van der Waals surface area contributed by atoms with Gasteiger partial charge in [0.1, 0.15) is 11.2 Å². The van der Waals surface area contributed by atoms with Gasteiger partial charge in [0.05, 0.1) is 0 Å². The average molecular weight is 827 g/mol. The molecule has 0 bridgehead atoms. The van der Waals surface area contributed by atoms with Crippen molar-refractivity contribution in [2.24, 2.45) is 0 Å². The summed E-state index contributed by atoms with van der Waals surface area (Å²) < 4.78 is 6.91. The molecule has 3 aromatic heterocycles. The number of furan rings is 1. The smallest absolute Gasteiger partial charge is 0.136 e. The van der Waals surface area contributed by atoms with E-state index in [0.29, 0.717) is 0 Å². The van der Waals surface area contributed by atoms with Gasteiger partial charge in [-0.3, -0.25) is 9.97 Å². The monoisotopic (exact) mass is 826 g/mol.